The lowest BCUT2D eigenvalue weighted by molar-refractivity contribution is -0.113. The molecule has 0 N–H and O–H groups in total. The molecule has 0 unspecified atom stereocenters. The van der Waals surface area contributed by atoms with Crippen molar-refractivity contribution in [1.29, 1.82) is 0 Å². The van der Waals surface area contributed by atoms with Gasteiger partial charge in [0.15, 0.2) is 0 Å². The van der Waals surface area contributed by atoms with E-state index in [1.807, 2.05) is 13.0 Å². The first-order valence-corrected chi connectivity index (χ1v) is 7.61. The summed E-state index contributed by atoms with van der Waals surface area (Å²) in [5.41, 5.74) is 1.82. The summed E-state index contributed by atoms with van der Waals surface area (Å²) in [5.74, 6) is -0.230. The van der Waals surface area contributed by atoms with Crippen molar-refractivity contribution in [2.45, 2.75) is 6.92 Å². The molecule has 0 fully saturated rings. The van der Waals surface area contributed by atoms with Crippen LogP contribution in [0.1, 0.15) is 22.8 Å². The van der Waals surface area contributed by atoms with Crippen LogP contribution in [0.2, 0.25) is 0 Å². The lowest BCUT2D eigenvalue weighted by Gasteiger charge is -2.28. The van der Waals surface area contributed by atoms with Crippen molar-refractivity contribution in [2.75, 3.05) is 18.6 Å². The molecule has 0 saturated heterocycles. The molecule has 0 saturated carbocycles. The zero-order chi connectivity index (χ0) is 17.1. The number of hydrogen-bond donors (Lipinski definition) is 0. The Kier molecular flexibility index (Phi) is 4.33. The maximum atomic E-state index is 12.9. The second-order valence-electron chi connectivity index (χ2n) is 5.18. The van der Waals surface area contributed by atoms with Gasteiger partial charge in [-0.05, 0) is 37.3 Å². The largest absolute Gasteiger partial charge is 0.501 e. The van der Waals surface area contributed by atoms with Crippen LogP contribution in [0.15, 0.2) is 54.8 Å². The molecule has 0 aliphatic carbocycles. The third-order valence-electron chi connectivity index (χ3n) is 3.77. The van der Waals surface area contributed by atoms with Crippen molar-refractivity contribution < 1.29 is 19.1 Å². The summed E-state index contributed by atoms with van der Waals surface area (Å²) in [6.45, 7) is 2.26. The van der Waals surface area contributed by atoms with Crippen LogP contribution in [0.25, 0.3) is 5.57 Å². The van der Waals surface area contributed by atoms with Crippen molar-refractivity contribution in [3.05, 3.63) is 65.9 Å². The van der Waals surface area contributed by atoms with E-state index < -0.39 is 5.91 Å². The van der Waals surface area contributed by atoms with Gasteiger partial charge in [-0.2, -0.15) is 0 Å². The normalized spacial score (nSPS) is 15.4. The molecule has 1 aliphatic heterocycles. The zero-order valence-electron chi connectivity index (χ0n) is 13.5. The van der Waals surface area contributed by atoms with Crippen LogP contribution in [0.3, 0.4) is 0 Å². The number of rotatable bonds is 4. The number of methoxy groups -OCH3 is 1. The highest BCUT2D eigenvalue weighted by Gasteiger charge is 2.36. The molecular formula is C19H17NO4. The highest BCUT2D eigenvalue weighted by atomic mass is 16.5. The zero-order valence-corrected chi connectivity index (χ0v) is 13.5. The van der Waals surface area contributed by atoms with E-state index in [1.165, 1.54) is 13.4 Å². The monoisotopic (exact) mass is 323 g/mol. The molecule has 122 valence electrons. The summed E-state index contributed by atoms with van der Waals surface area (Å²) in [5, 5.41) is 0. The van der Waals surface area contributed by atoms with Crippen molar-refractivity contribution >= 4 is 23.1 Å². The Bertz CT molecular complexity index is 811. The average Bonchev–Trinajstić information content (AvgIpc) is 2.62. The first-order valence-electron chi connectivity index (χ1n) is 7.61. The number of para-hydroxylation sites is 1. The summed E-state index contributed by atoms with van der Waals surface area (Å²) in [6, 6.07) is 13.9. The molecule has 1 heterocycles. The quantitative estimate of drug-likeness (QED) is 0.492. The van der Waals surface area contributed by atoms with E-state index in [4.69, 9.17) is 9.47 Å². The average molecular weight is 323 g/mol. The van der Waals surface area contributed by atoms with Gasteiger partial charge in [0.2, 0.25) is 0 Å². The minimum Gasteiger partial charge on any atom is -0.501 e. The number of benzene rings is 2. The summed E-state index contributed by atoms with van der Waals surface area (Å²) in [7, 11) is 1.53. The predicted octanol–water partition coefficient (Wildman–Crippen LogP) is 3.26. The molecule has 0 aromatic heterocycles. The molecule has 2 aromatic carbocycles. The van der Waals surface area contributed by atoms with Gasteiger partial charge >= 0.3 is 0 Å². The van der Waals surface area contributed by atoms with Crippen LogP contribution in [-0.2, 0) is 9.53 Å². The van der Waals surface area contributed by atoms with Gasteiger partial charge in [0.05, 0.1) is 36.8 Å². The Hall–Kier alpha value is -3.08. The lowest BCUT2D eigenvalue weighted by atomic mass is 9.93. The fourth-order valence-corrected chi connectivity index (χ4v) is 2.60. The van der Waals surface area contributed by atoms with Crippen LogP contribution < -0.4 is 9.64 Å². The minimum absolute atomic E-state index is 0.345. The molecule has 5 nitrogen and oxygen atoms in total. The highest BCUT2D eigenvalue weighted by Crippen LogP contribution is 2.34. The van der Waals surface area contributed by atoms with Gasteiger partial charge in [0.25, 0.3) is 11.8 Å². The second-order valence-corrected chi connectivity index (χ2v) is 5.18. The maximum absolute atomic E-state index is 12.9. The van der Waals surface area contributed by atoms with Crippen LogP contribution in [-0.4, -0.2) is 25.5 Å². The molecule has 0 radical (unpaired) electrons. The van der Waals surface area contributed by atoms with Crippen molar-refractivity contribution in [1.82, 2.24) is 0 Å². The topological polar surface area (TPSA) is 55.8 Å². The van der Waals surface area contributed by atoms with Gasteiger partial charge in [0.1, 0.15) is 5.75 Å². The third-order valence-corrected chi connectivity index (χ3v) is 3.77. The fraction of sp³-hybridized carbons (Fsp3) is 0.158. The first-order chi connectivity index (χ1) is 11.7. The molecule has 0 spiro atoms. The number of nitrogens with zero attached hydrogens (tertiary/aromatic N) is 1. The Morgan fingerprint density at radius 2 is 1.75 bits per heavy atom. The van der Waals surface area contributed by atoms with Gasteiger partial charge in [0, 0.05) is 5.56 Å². The molecule has 3 rings (SSSR count). The van der Waals surface area contributed by atoms with Crippen molar-refractivity contribution in [3.8, 4) is 5.75 Å². The van der Waals surface area contributed by atoms with Crippen LogP contribution in [0.4, 0.5) is 5.69 Å². The third kappa shape index (κ3) is 2.65. The SMILES string of the molecule is CCO/C=C1\C(=O)N(c2ccccc2)C(=O)c2cc(OC)ccc21. The molecular weight excluding hydrogens is 306 g/mol. The number of fused-ring (bicyclic) bond motifs is 1. The molecule has 24 heavy (non-hydrogen) atoms. The summed E-state index contributed by atoms with van der Waals surface area (Å²) >= 11 is 0. The van der Waals surface area contributed by atoms with Crippen LogP contribution in [0, 0.1) is 0 Å². The fourth-order valence-electron chi connectivity index (χ4n) is 2.60. The van der Waals surface area contributed by atoms with Crippen molar-refractivity contribution in [3.63, 3.8) is 0 Å². The second kappa shape index (κ2) is 6.58. The number of carbonyl (C=O) groups is 2. The number of amides is 2. The van der Waals surface area contributed by atoms with E-state index in [2.05, 4.69) is 0 Å². The van der Waals surface area contributed by atoms with Crippen LogP contribution in [0.5, 0.6) is 5.75 Å². The highest BCUT2D eigenvalue weighted by molar-refractivity contribution is 6.40. The van der Waals surface area contributed by atoms with E-state index in [-0.39, 0.29) is 5.91 Å². The van der Waals surface area contributed by atoms with Gasteiger partial charge in [-0.1, -0.05) is 18.2 Å². The van der Waals surface area contributed by atoms with Crippen molar-refractivity contribution in [2.24, 2.45) is 0 Å². The smallest absolute Gasteiger partial charge is 0.269 e. The summed E-state index contributed by atoms with van der Waals surface area (Å²) < 4.78 is 10.5. The Balaban J connectivity index is 2.18. The molecule has 2 amide bonds. The first kappa shape index (κ1) is 15.8. The van der Waals surface area contributed by atoms with Gasteiger partial charge < -0.3 is 9.47 Å². The molecule has 5 heteroatoms. The predicted molar refractivity (Wildman–Crippen MR) is 90.9 cm³/mol. The van der Waals surface area contributed by atoms with Gasteiger partial charge in [-0.25, -0.2) is 4.90 Å². The van der Waals surface area contributed by atoms with E-state index in [0.29, 0.717) is 34.7 Å². The van der Waals surface area contributed by atoms with Gasteiger partial charge in [-0.3, -0.25) is 9.59 Å². The Labute approximate surface area is 140 Å². The maximum Gasteiger partial charge on any atom is 0.269 e. The number of imide groups is 1. The van der Waals surface area contributed by atoms with E-state index in [0.717, 1.165) is 4.90 Å². The van der Waals surface area contributed by atoms with E-state index in [1.54, 1.807) is 42.5 Å². The Morgan fingerprint density at radius 1 is 1.00 bits per heavy atom. The number of anilines is 1. The number of hydrogen-bond acceptors (Lipinski definition) is 4. The minimum atomic E-state index is -0.405. The molecule has 2 aromatic rings. The van der Waals surface area contributed by atoms with E-state index in [9.17, 15) is 9.59 Å². The molecule has 0 bridgehead atoms. The standard InChI is InChI=1S/C19H17NO4/c1-3-24-12-17-15-10-9-14(23-2)11-16(15)18(21)20(19(17)22)13-7-5-4-6-8-13/h4-12H,3H2,1-2H3/b17-12-. The molecule has 0 atom stereocenters. The van der Waals surface area contributed by atoms with E-state index >= 15 is 0 Å². The summed E-state index contributed by atoms with van der Waals surface area (Å²) in [6.07, 6.45) is 1.41. The number of carbonyl (C=O) groups excluding carboxylic acids is 2. The Morgan fingerprint density at radius 3 is 2.42 bits per heavy atom. The lowest BCUT2D eigenvalue weighted by Crippen LogP contribution is -2.41. The molecule has 1 aliphatic rings. The van der Waals surface area contributed by atoms with Crippen LogP contribution >= 0.6 is 0 Å². The number of ether oxygens (including phenoxy) is 2. The summed E-state index contributed by atoms with van der Waals surface area (Å²) in [4.78, 5) is 26.9. The van der Waals surface area contributed by atoms with Gasteiger partial charge in [-0.15, -0.1) is 0 Å².